The first-order chi connectivity index (χ1) is 4.97. The predicted octanol–water partition coefficient (Wildman–Crippen LogP) is 1.72. The summed E-state index contributed by atoms with van der Waals surface area (Å²) in [4.78, 5) is 0. The maximum Gasteiger partial charge on any atom is 0.132 e. The minimum absolute atomic E-state index is 0.677. The molecular formula is C8H8O2. The third-order valence-corrected chi connectivity index (χ3v) is 1.58. The average molecular weight is 136 g/mol. The molecule has 0 aromatic carbocycles. The van der Waals surface area contributed by atoms with Crippen LogP contribution in [-0.2, 0) is 9.47 Å². The minimum atomic E-state index is 0.677. The van der Waals surface area contributed by atoms with Crippen LogP contribution in [0.25, 0.3) is 0 Å². The summed E-state index contributed by atoms with van der Waals surface area (Å²) in [5.74, 6) is 0.953. The summed E-state index contributed by atoms with van der Waals surface area (Å²) >= 11 is 0. The zero-order valence-electron chi connectivity index (χ0n) is 5.54. The first-order valence-electron chi connectivity index (χ1n) is 3.28. The van der Waals surface area contributed by atoms with E-state index in [0.717, 1.165) is 12.2 Å². The van der Waals surface area contributed by atoms with Crippen LogP contribution in [0.15, 0.2) is 36.0 Å². The Morgan fingerprint density at radius 2 is 2.30 bits per heavy atom. The van der Waals surface area contributed by atoms with Crippen LogP contribution in [0.3, 0.4) is 0 Å². The van der Waals surface area contributed by atoms with Gasteiger partial charge in [0, 0.05) is 11.6 Å². The van der Waals surface area contributed by atoms with Gasteiger partial charge in [0.05, 0.1) is 12.5 Å². The molecule has 0 saturated heterocycles. The molecule has 0 N–H and O–H groups in total. The Balaban J connectivity index is 2.25. The van der Waals surface area contributed by atoms with Gasteiger partial charge in [-0.3, -0.25) is 0 Å². The number of ether oxygens (including phenoxy) is 2. The van der Waals surface area contributed by atoms with Gasteiger partial charge in [0.15, 0.2) is 0 Å². The quantitative estimate of drug-likeness (QED) is 0.504. The molecular weight excluding hydrogens is 128 g/mol. The molecule has 2 aliphatic rings. The molecule has 0 atom stereocenters. The predicted molar refractivity (Wildman–Crippen MR) is 37.0 cm³/mol. The van der Waals surface area contributed by atoms with Gasteiger partial charge in [0.1, 0.15) is 12.4 Å². The molecule has 2 heteroatoms. The fourth-order valence-electron chi connectivity index (χ4n) is 1.04. The van der Waals surface area contributed by atoms with Gasteiger partial charge in [0.2, 0.25) is 0 Å². The van der Waals surface area contributed by atoms with E-state index in [4.69, 9.17) is 9.47 Å². The van der Waals surface area contributed by atoms with Crippen molar-refractivity contribution in [1.82, 2.24) is 0 Å². The lowest BCUT2D eigenvalue weighted by Crippen LogP contribution is -2.05. The fourth-order valence-corrected chi connectivity index (χ4v) is 1.04. The van der Waals surface area contributed by atoms with E-state index in [1.807, 2.05) is 12.2 Å². The van der Waals surface area contributed by atoms with Crippen molar-refractivity contribution in [3.8, 4) is 0 Å². The van der Waals surface area contributed by atoms with E-state index < -0.39 is 0 Å². The normalized spacial score (nSPS) is 21.6. The molecule has 0 aromatic rings. The van der Waals surface area contributed by atoms with Crippen molar-refractivity contribution in [3.05, 3.63) is 36.0 Å². The molecule has 2 heterocycles. The Kier molecular flexibility index (Phi) is 1.24. The van der Waals surface area contributed by atoms with Crippen molar-refractivity contribution in [2.24, 2.45) is 0 Å². The first kappa shape index (κ1) is 5.59. The Hall–Kier alpha value is -1.18. The molecule has 0 spiro atoms. The summed E-state index contributed by atoms with van der Waals surface area (Å²) in [7, 11) is 0. The lowest BCUT2D eigenvalue weighted by atomic mass is 10.1. The lowest BCUT2D eigenvalue weighted by Gasteiger charge is -2.17. The Bertz CT molecular complexity index is 223. The van der Waals surface area contributed by atoms with Crippen molar-refractivity contribution < 1.29 is 9.47 Å². The highest BCUT2D eigenvalue weighted by atomic mass is 16.5. The zero-order chi connectivity index (χ0) is 6.81. The van der Waals surface area contributed by atoms with Crippen LogP contribution < -0.4 is 0 Å². The standard InChI is InChI=1S/C8H8O2/c1-2-7-6-9-5-3-8(7)10-4-1/h1,3-5H,2,6H2. The van der Waals surface area contributed by atoms with E-state index in [1.165, 1.54) is 5.57 Å². The summed E-state index contributed by atoms with van der Waals surface area (Å²) in [6.07, 6.45) is 8.18. The van der Waals surface area contributed by atoms with Crippen molar-refractivity contribution >= 4 is 0 Å². The highest BCUT2D eigenvalue weighted by Crippen LogP contribution is 2.21. The SMILES string of the molecule is C1=COC2=C(C1)COC=C2. The number of allylic oxidation sites excluding steroid dienone is 2. The molecule has 0 unspecified atom stereocenters. The summed E-state index contributed by atoms with van der Waals surface area (Å²) in [6.45, 7) is 0.677. The second-order valence-electron chi connectivity index (χ2n) is 2.28. The van der Waals surface area contributed by atoms with Gasteiger partial charge >= 0.3 is 0 Å². The van der Waals surface area contributed by atoms with Crippen LogP contribution >= 0.6 is 0 Å². The van der Waals surface area contributed by atoms with E-state index in [0.29, 0.717) is 6.61 Å². The van der Waals surface area contributed by atoms with Crippen LogP contribution in [0.1, 0.15) is 6.42 Å². The summed E-state index contributed by atoms with van der Waals surface area (Å²) in [5, 5.41) is 0. The third-order valence-electron chi connectivity index (χ3n) is 1.58. The number of hydrogen-bond donors (Lipinski definition) is 0. The average Bonchev–Trinajstić information content (AvgIpc) is 2.05. The summed E-state index contributed by atoms with van der Waals surface area (Å²) in [5.41, 5.74) is 1.23. The van der Waals surface area contributed by atoms with Gasteiger partial charge in [-0.1, -0.05) is 0 Å². The third kappa shape index (κ3) is 0.817. The molecule has 0 amide bonds. The van der Waals surface area contributed by atoms with E-state index >= 15 is 0 Å². The van der Waals surface area contributed by atoms with Crippen LogP contribution in [0, 0.1) is 0 Å². The van der Waals surface area contributed by atoms with Gasteiger partial charge in [-0.15, -0.1) is 0 Å². The van der Waals surface area contributed by atoms with Crippen molar-refractivity contribution in [2.45, 2.75) is 6.42 Å². The minimum Gasteiger partial charge on any atom is -0.497 e. The molecule has 0 aromatic heterocycles. The number of hydrogen-bond acceptors (Lipinski definition) is 2. The summed E-state index contributed by atoms with van der Waals surface area (Å²) in [6, 6.07) is 0. The molecule has 0 fully saturated rings. The Morgan fingerprint density at radius 3 is 3.20 bits per heavy atom. The molecule has 2 aliphatic heterocycles. The second-order valence-corrected chi connectivity index (χ2v) is 2.28. The molecule has 0 aliphatic carbocycles. The molecule has 0 saturated carbocycles. The van der Waals surface area contributed by atoms with Crippen LogP contribution in [0.5, 0.6) is 0 Å². The topological polar surface area (TPSA) is 18.5 Å². The zero-order valence-corrected chi connectivity index (χ0v) is 5.54. The highest BCUT2D eigenvalue weighted by molar-refractivity contribution is 5.27. The van der Waals surface area contributed by atoms with E-state index in [9.17, 15) is 0 Å². The highest BCUT2D eigenvalue weighted by Gasteiger charge is 2.10. The lowest BCUT2D eigenvalue weighted by molar-refractivity contribution is 0.245. The van der Waals surface area contributed by atoms with Gasteiger partial charge in [0.25, 0.3) is 0 Å². The first-order valence-corrected chi connectivity index (χ1v) is 3.28. The fraction of sp³-hybridized carbons (Fsp3) is 0.250. The second kappa shape index (κ2) is 2.21. The molecule has 52 valence electrons. The van der Waals surface area contributed by atoms with Gasteiger partial charge in [-0.2, -0.15) is 0 Å². The molecule has 10 heavy (non-hydrogen) atoms. The van der Waals surface area contributed by atoms with Gasteiger partial charge in [-0.05, 0) is 12.5 Å². The van der Waals surface area contributed by atoms with E-state index in [2.05, 4.69) is 0 Å². The monoisotopic (exact) mass is 136 g/mol. The summed E-state index contributed by atoms with van der Waals surface area (Å²) < 4.78 is 10.3. The maximum absolute atomic E-state index is 5.21. The Labute approximate surface area is 59.4 Å². The Morgan fingerprint density at radius 1 is 1.30 bits per heavy atom. The van der Waals surface area contributed by atoms with Crippen LogP contribution in [0.4, 0.5) is 0 Å². The van der Waals surface area contributed by atoms with Gasteiger partial charge in [-0.25, -0.2) is 0 Å². The smallest absolute Gasteiger partial charge is 0.132 e. The van der Waals surface area contributed by atoms with Crippen molar-refractivity contribution in [1.29, 1.82) is 0 Å². The van der Waals surface area contributed by atoms with Crippen molar-refractivity contribution in [2.75, 3.05) is 6.61 Å². The number of rotatable bonds is 0. The van der Waals surface area contributed by atoms with E-state index in [1.54, 1.807) is 12.5 Å². The van der Waals surface area contributed by atoms with Crippen LogP contribution in [-0.4, -0.2) is 6.61 Å². The van der Waals surface area contributed by atoms with Crippen LogP contribution in [0.2, 0.25) is 0 Å². The van der Waals surface area contributed by atoms with Gasteiger partial charge < -0.3 is 9.47 Å². The van der Waals surface area contributed by atoms with E-state index in [-0.39, 0.29) is 0 Å². The maximum atomic E-state index is 5.21. The molecule has 0 bridgehead atoms. The van der Waals surface area contributed by atoms with Crippen molar-refractivity contribution in [3.63, 3.8) is 0 Å². The molecule has 2 rings (SSSR count). The molecule has 0 radical (unpaired) electrons. The largest absolute Gasteiger partial charge is 0.497 e. The molecule has 2 nitrogen and oxygen atoms in total.